The van der Waals surface area contributed by atoms with Crippen molar-refractivity contribution >= 4 is 23.5 Å². The van der Waals surface area contributed by atoms with Crippen LogP contribution in [-0.2, 0) is 17.9 Å². The minimum absolute atomic E-state index is 0.0597. The van der Waals surface area contributed by atoms with Crippen molar-refractivity contribution in [2.45, 2.75) is 39.8 Å². The molecule has 0 radical (unpaired) electrons. The molecule has 0 fully saturated rings. The SMILES string of the molecule is CCCNC(=O)c1nn(CC)cc1NC(=O)CCn1cc(C(=O)O)cn1. The largest absolute Gasteiger partial charge is 0.478 e. The van der Waals surface area contributed by atoms with Crippen LogP contribution in [0.4, 0.5) is 5.69 Å². The molecule has 2 amide bonds. The molecule has 2 heterocycles. The molecule has 2 aromatic rings. The Morgan fingerprint density at radius 1 is 1.19 bits per heavy atom. The number of rotatable bonds is 9. The number of aromatic carboxylic acids is 1. The number of hydrogen-bond donors (Lipinski definition) is 3. The molecular formula is C16H22N6O4. The molecule has 2 rings (SSSR count). The Morgan fingerprint density at radius 3 is 2.58 bits per heavy atom. The lowest BCUT2D eigenvalue weighted by Crippen LogP contribution is -2.26. The first kappa shape index (κ1) is 19.2. The van der Waals surface area contributed by atoms with Gasteiger partial charge < -0.3 is 15.7 Å². The number of carbonyl (C=O) groups excluding carboxylic acids is 2. The number of aryl methyl sites for hydroxylation is 2. The third kappa shape index (κ3) is 4.91. The molecule has 2 aromatic heterocycles. The van der Waals surface area contributed by atoms with Crippen molar-refractivity contribution in [1.82, 2.24) is 24.9 Å². The van der Waals surface area contributed by atoms with Crippen molar-refractivity contribution in [3.63, 3.8) is 0 Å². The van der Waals surface area contributed by atoms with E-state index in [-0.39, 0.29) is 36.0 Å². The second-order valence-electron chi connectivity index (χ2n) is 5.60. The van der Waals surface area contributed by atoms with Gasteiger partial charge in [-0.05, 0) is 13.3 Å². The molecule has 10 nitrogen and oxygen atoms in total. The summed E-state index contributed by atoms with van der Waals surface area (Å²) < 4.78 is 2.95. The van der Waals surface area contributed by atoms with E-state index >= 15 is 0 Å². The molecule has 0 saturated heterocycles. The van der Waals surface area contributed by atoms with Crippen molar-refractivity contribution in [1.29, 1.82) is 0 Å². The van der Waals surface area contributed by atoms with Gasteiger partial charge in [-0.3, -0.25) is 19.0 Å². The average molecular weight is 362 g/mol. The highest BCUT2D eigenvalue weighted by Crippen LogP contribution is 2.14. The summed E-state index contributed by atoms with van der Waals surface area (Å²) in [6.07, 6.45) is 5.06. The zero-order chi connectivity index (χ0) is 19.1. The van der Waals surface area contributed by atoms with E-state index in [1.54, 1.807) is 10.9 Å². The zero-order valence-electron chi connectivity index (χ0n) is 14.7. The zero-order valence-corrected chi connectivity index (χ0v) is 14.7. The molecule has 0 spiro atoms. The summed E-state index contributed by atoms with van der Waals surface area (Å²) in [5, 5.41) is 22.3. The van der Waals surface area contributed by atoms with E-state index in [0.717, 1.165) is 6.42 Å². The highest BCUT2D eigenvalue weighted by molar-refractivity contribution is 6.02. The number of amides is 2. The number of carbonyl (C=O) groups is 3. The highest BCUT2D eigenvalue weighted by atomic mass is 16.4. The van der Waals surface area contributed by atoms with Crippen LogP contribution < -0.4 is 10.6 Å². The van der Waals surface area contributed by atoms with E-state index < -0.39 is 5.97 Å². The van der Waals surface area contributed by atoms with Crippen LogP contribution in [0.2, 0.25) is 0 Å². The van der Waals surface area contributed by atoms with Gasteiger partial charge in [0.05, 0.1) is 17.4 Å². The molecule has 140 valence electrons. The molecule has 0 aliphatic rings. The number of carboxylic acids is 1. The number of nitrogens with zero attached hydrogens (tertiary/aromatic N) is 4. The van der Waals surface area contributed by atoms with Gasteiger partial charge in [-0.1, -0.05) is 6.92 Å². The summed E-state index contributed by atoms with van der Waals surface area (Å²) >= 11 is 0. The summed E-state index contributed by atoms with van der Waals surface area (Å²) in [5.41, 5.74) is 0.572. The fourth-order valence-electron chi connectivity index (χ4n) is 2.19. The fourth-order valence-corrected chi connectivity index (χ4v) is 2.19. The second-order valence-corrected chi connectivity index (χ2v) is 5.60. The van der Waals surface area contributed by atoms with E-state index in [2.05, 4.69) is 20.8 Å². The van der Waals surface area contributed by atoms with E-state index in [4.69, 9.17) is 5.11 Å². The van der Waals surface area contributed by atoms with Crippen LogP contribution in [0.1, 0.15) is 47.5 Å². The lowest BCUT2D eigenvalue weighted by molar-refractivity contribution is -0.116. The molecule has 0 saturated carbocycles. The Labute approximate surface area is 150 Å². The number of nitrogens with one attached hydrogen (secondary N) is 2. The van der Waals surface area contributed by atoms with Gasteiger partial charge in [-0.25, -0.2) is 4.79 Å². The Kier molecular flexibility index (Phi) is 6.48. The Bertz CT molecular complexity index is 795. The van der Waals surface area contributed by atoms with E-state index in [9.17, 15) is 14.4 Å². The third-order valence-electron chi connectivity index (χ3n) is 3.56. The van der Waals surface area contributed by atoms with Crippen LogP contribution in [0.3, 0.4) is 0 Å². The van der Waals surface area contributed by atoms with Crippen LogP contribution in [0.15, 0.2) is 18.6 Å². The maximum Gasteiger partial charge on any atom is 0.338 e. The van der Waals surface area contributed by atoms with Crippen LogP contribution in [0.25, 0.3) is 0 Å². The Balaban J connectivity index is 1.99. The van der Waals surface area contributed by atoms with Crippen LogP contribution >= 0.6 is 0 Å². The standard InChI is InChI=1S/C16H22N6O4/c1-3-6-17-15(24)14-12(10-21(4-2)20-14)19-13(23)5-7-22-9-11(8-18-22)16(25)26/h8-10H,3-7H2,1-2H3,(H,17,24)(H,19,23)(H,25,26). The minimum Gasteiger partial charge on any atom is -0.478 e. The Morgan fingerprint density at radius 2 is 1.96 bits per heavy atom. The number of aromatic nitrogens is 4. The van der Waals surface area contributed by atoms with Gasteiger partial charge in [-0.15, -0.1) is 0 Å². The molecule has 3 N–H and O–H groups in total. The normalized spacial score (nSPS) is 10.5. The molecule has 10 heteroatoms. The van der Waals surface area contributed by atoms with E-state index in [1.165, 1.54) is 17.1 Å². The molecular weight excluding hydrogens is 340 g/mol. The minimum atomic E-state index is -1.07. The summed E-state index contributed by atoms with van der Waals surface area (Å²) in [7, 11) is 0. The highest BCUT2D eigenvalue weighted by Gasteiger charge is 2.18. The topological polar surface area (TPSA) is 131 Å². The van der Waals surface area contributed by atoms with Gasteiger partial charge in [0.1, 0.15) is 0 Å². The van der Waals surface area contributed by atoms with Gasteiger partial charge in [0.25, 0.3) is 5.91 Å². The summed E-state index contributed by atoms with van der Waals surface area (Å²) in [5.74, 6) is -1.74. The molecule has 0 unspecified atom stereocenters. The number of hydrogen-bond acceptors (Lipinski definition) is 5. The molecule has 26 heavy (non-hydrogen) atoms. The predicted molar refractivity (Wildman–Crippen MR) is 93.0 cm³/mol. The van der Waals surface area contributed by atoms with Crippen molar-refractivity contribution in [2.75, 3.05) is 11.9 Å². The number of anilines is 1. The average Bonchev–Trinajstić information content (AvgIpc) is 3.24. The van der Waals surface area contributed by atoms with E-state index in [0.29, 0.717) is 18.8 Å². The van der Waals surface area contributed by atoms with Gasteiger partial charge in [0.15, 0.2) is 5.69 Å². The quantitative estimate of drug-likeness (QED) is 0.609. The first-order chi connectivity index (χ1) is 12.4. The first-order valence-electron chi connectivity index (χ1n) is 8.35. The molecule has 0 aromatic carbocycles. The summed E-state index contributed by atoms with van der Waals surface area (Å²) in [4.78, 5) is 35.2. The van der Waals surface area contributed by atoms with Crippen LogP contribution in [-0.4, -0.2) is 49.0 Å². The fraction of sp³-hybridized carbons (Fsp3) is 0.438. The van der Waals surface area contributed by atoms with Gasteiger partial charge >= 0.3 is 5.97 Å². The van der Waals surface area contributed by atoms with E-state index in [1.807, 2.05) is 13.8 Å². The van der Waals surface area contributed by atoms with Crippen molar-refractivity contribution in [3.8, 4) is 0 Å². The van der Waals surface area contributed by atoms with Gasteiger partial charge in [0.2, 0.25) is 5.91 Å². The summed E-state index contributed by atoms with van der Waals surface area (Å²) in [6, 6.07) is 0. The lowest BCUT2D eigenvalue weighted by Gasteiger charge is -2.06. The third-order valence-corrected chi connectivity index (χ3v) is 3.56. The van der Waals surface area contributed by atoms with Crippen molar-refractivity contribution in [2.24, 2.45) is 0 Å². The van der Waals surface area contributed by atoms with Crippen LogP contribution in [0, 0.1) is 0 Å². The predicted octanol–water partition coefficient (Wildman–Crippen LogP) is 0.966. The molecule has 0 atom stereocenters. The maximum atomic E-state index is 12.2. The first-order valence-corrected chi connectivity index (χ1v) is 8.35. The van der Waals surface area contributed by atoms with Crippen LogP contribution in [0.5, 0.6) is 0 Å². The second kappa shape index (κ2) is 8.79. The lowest BCUT2D eigenvalue weighted by atomic mass is 10.3. The maximum absolute atomic E-state index is 12.2. The van der Waals surface area contributed by atoms with Crippen molar-refractivity contribution in [3.05, 3.63) is 29.8 Å². The number of carboxylic acid groups (broad SMARTS) is 1. The monoisotopic (exact) mass is 362 g/mol. The smallest absolute Gasteiger partial charge is 0.338 e. The molecule has 0 aliphatic carbocycles. The van der Waals surface area contributed by atoms with Gasteiger partial charge in [0, 0.05) is 38.4 Å². The summed E-state index contributed by atoms with van der Waals surface area (Å²) in [6.45, 7) is 5.13. The van der Waals surface area contributed by atoms with Gasteiger partial charge in [-0.2, -0.15) is 10.2 Å². The molecule has 0 aliphatic heterocycles. The van der Waals surface area contributed by atoms with Crippen molar-refractivity contribution < 1.29 is 19.5 Å². The Hall–Kier alpha value is -3.17. The molecule has 0 bridgehead atoms.